The molecule has 2 rings (SSSR count). The molecule has 5 nitrogen and oxygen atoms in total. The minimum atomic E-state index is 0.584. The van der Waals surface area contributed by atoms with Crippen LogP contribution >= 0.6 is 0 Å². The highest BCUT2D eigenvalue weighted by Gasteiger charge is 2.19. The first-order valence-electron chi connectivity index (χ1n) is 8.76. The van der Waals surface area contributed by atoms with Gasteiger partial charge in [-0.05, 0) is 31.1 Å². The molecule has 1 aliphatic carbocycles. The molecule has 0 saturated heterocycles. The van der Waals surface area contributed by atoms with Crippen molar-refractivity contribution < 1.29 is 0 Å². The molecule has 1 atom stereocenters. The van der Waals surface area contributed by atoms with Crippen molar-refractivity contribution in [3.05, 3.63) is 18.2 Å². The molecule has 0 spiro atoms. The van der Waals surface area contributed by atoms with Crippen molar-refractivity contribution in [1.82, 2.24) is 15.3 Å². The summed E-state index contributed by atoms with van der Waals surface area (Å²) >= 11 is 0. The normalized spacial score (nSPS) is 18.3. The van der Waals surface area contributed by atoms with E-state index in [-0.39, 0.29) is 0 Å². The molecule has 1 aromatic heterocycles. The van der Waals surface area contributed by atoms with Crippen LogP contribution in [0.25, 0.3) is 0 Å². The second-order valence-corrected chi connectivity index (χ2v) is 6.54. The van der Waals surface area contributed by atoms with Gasteiger partial charge in [0.05, 0.1) is 6.33 Å². The maximum Gasteiger partial charge on any atom is 0.188 e. The Bertz CT molecular complexity index is 420. The van der Waals surface area contributed by atoms with E-state index >= 15 is 0 Å². The highest BCUT2D eigenvalue weighted by molar-refractivity contribution is 5.77. The van der Waals surface area contributed by atoms with Gasteiger partial charge in [-0.2, -0.15) is 0 Å². The fourth-order valence-electron chi connectivity index (χ4n) is 3.31. The van der Waals surface area contributed by atoms with Crippen LogP contribution in [0.3, 0.4) is 0 Å². The Balaban J connectivity index is 1.54. The number of rotatable bonds is 8. The monoisotopic (exact) mass is 305 g/mol. The summed E-state index contributed by atoms with van der Waals surface area (Å²) in [7, 11) is 0. The molecule has 0 amide bonds. The number of nitrogens with one attached hydrogen (secondary N) is 2. The number of hydrogen-bond acceptors (Lipinski definition) is 2. The summed E-state index contributed by atoms with van der Waals surface area (Å²) in [5.41, 5.74) is 7.07. The third kappa shape index (κ3) is 6.08. The lowest BCUT2D eigenvalue weighted by molar-refractivity contribution is 0.253. The van der Waals surface area contributed by atoms with Crippen LogP contribution in [0, 0.1) is 11.8 Å². The third-order valence-corrected chi connectivity index (χ3v) is 4.80. The number of aryl methyl sites for hydroxylation is 1. The summed E-state index contributed by atoms with van der Waals surface area (Å²) in [6.07, 6.45) is 13.8. The predicted molar refractivity (Wildman–Crippen MR) is 91.8 cm³/mol. The van der Waals surface area contributed by atoms with E-state index < -0.39 is 0 Å². The highest BCUT2D eigenvalue weighted by Crippen LogP contribution is 2.31. The maximum atomic E-state index is 5.92. The zero-order valence-electron chi connectivity index (χ0n) is 13.9. The zero-order valence-corrected chi connectivity index (χ0v) is 13.9. The van der Waals surface area contributed by atoms with Crippen molar-refractivity contribution in [3.63, 3.8) is 0 Å². The van der Waals surface area contributed by atoms with Crippen molar-refractivity contribution in [2.45, 2.75) is 58.3 Å². The molecule has 22 heavy (non-hydrogen) atoms. The maximum absolute atomic E-state index is 5.92. The third-order valence-electron chi connectivity index (χ3n) is 4.80. The molecule has 1 heterocycles. The quantitative estimate of drug-likeness (QED) is 0.392. The molecular formula is C17H31N5. The van der Waals surface area contributed by atoms with Crippen LogP contribution < -0.4 is 11.1 Å². The van der Waals surface area contributed by atoms with Crippen LogP contribution in [0.1, 0.15) is 57.6 Å². The lowest BCUT2D eigenvalue weighted by atomic mass is 9.79. The Morgan fingerprint density at radius 2 is 2.27 bits per heavy atom. The molecule has 1 unspecified atom stereocenters. The fraction of sp³-hybridized carbons (Fsp3) is 0.765. The molecule has 5 heteroatoms. The van der Waals surface area contributed by atoms with E-state index in [1.165, 1.54) is 38.5 Å². The number of aliphatic imine (C=N–C) groups is 1. The largest absolute Gasteiger partial charge is 0.370 e. The summed E-state index contributed by atoms with van der Waals surface area (Å²) in [4.78, 5) is 11.5. The van der Waals surface area contributed by atoms with E-state index in [0.717, 1.165) is 43.5 Å². The Morgan fingerprint density at radius 3 is 3.00 bits per heavy atom. The van der Waals surface area contributed by atoms with E-state index in [2.05, 4.69) is 27.2 Å². The fourth-order valence-corrected chi connectivity index (χ4v) is 3.31. The van der Waals surface area contributed by atoms with E-state index in [1.54, 1.807) is 6.33 Å². The minimum absolute atomic E-state index is 0.584. The standard InChI is InChI=1S/C17H31N5/c1-14(15-6-3-2-4-7-15)9-11-21-17(18)20-10-5-8-16-12-19-13-22-16/h12-15H,2-11H2,1H3,(H,19,22)(H3,18,20,21). The van der Waals surface area contributed by atoms with Gasteiger partial charge in [0.1, 0.15) is 0 Å². The Kier molecular flexibility index (Phi) is 7.26. The Morgan fingerprint density at radius 1 is 1.45 bits per heavy atom. The van der Waals surface area contributed by atoms with Gasteiger partial charge >= 0.3 is 0 Å². The van der Waals surface area contributed by atoms with Crippen LogP contribution in [-0.2, 0) is 6.42 Å². The molecule has 1 aliphatic rings. The Labute approximate surface area is 134 Å². The van der Waals surface area contributed by atoms with Crippen LogP contribution in [0.15, 0.2) is 17.5 Å². The number of guanidine groups is 1. The van der Waals surface area contributed by atoms with E-state index in [4.69, 9.17) is 5.73 Å². The van der Waals surface area contributed by atoms with Crippen LogP contribution in [0.4, 0.5) is 0 Å². The van der Waals surface area contributed by atoms with E-state index in [1.807, 2.05) is 6.20 Å². The van der Waals surface area contributed by atoms with Crippen molar-refractivity contribution in [2.24, 2.45) is 22.6 Å². The van der Waals surface area contributed by atoms with Crippen molar-refractivity contribution in [3.8, 4) is 0 Å². The summed E-state index contributed by atoms with van der Waals surface area (Å²) in [5.74, 6) is 2.30. The predicted octanol–water partition coefficient (Wildman–Crippen LogP) is 2.85. The van der Waals surface area contributed by atoms with Crippen LogP contribution in [0.2, 0.25) is 0 Å². The van der Waals surface area contributed by atoms with Gasteiger partial charge < -0.3 is 16.0 Å². The molecule has 0 aromatic carbocycles. The average molecular weight is 305 g/mol. The lowest BCUT2D eigenvalue weighted by Crippen LogP contribution is -2.34. The molecule has 1 aromatic rings. The molecule has 0 bridgehead atoms. The van der Waals surface area contributed by atoms with Gasteiger partial charge in [0.25, 0.3) is 0 Å². The minimum Gasteiger partial charge on any atom is -0.370 e. The average Bonchev–Trinajstić information content (AvgIpc) is 3.06. The van der Waals surface area contributed by atoms with E-state index in [9.17, 15) is 0 Å². The molecule has 4 N–H and O–H groups in total. The number of nitrogens with zero attached hydrogens (tertiary/aromatic N) is 2. The number of nitrogens with two attached hydrogens (primary N) is 1. The summed E-state index contributed by atoms with van der Waals surface area (Å²) in [5, 5.41) is 3.25. The lowest BCUT2D eigenvalue weighted by Gasteiger charge is -2.27. The number of aromatic amines is 1. The zero-order chi connectivity index (χ0) is 15.6. The van der Waals surface area contributed by atoms with Gasteiger partial charge in [-0.3, -0.25) is 4.99 Å². The topological polar surface area (TPSA) is 79.1 Å². The van der Waals surface area contributed by atoms with Gasteiger partial charge in [0.2, 0.25) is 0 Å². The first-order chi connectivity index (χ1) is 10.8. The Hall–Kier alpha value is -1.52. The first kappa shape index (κ1) is 16.8. The van der Waals surface area contributed by atoms with E-state index in [0.29, 0.717) is 5.96 Å². The number of hydrogen-bond donors (Lipinski definition) is 3. The van der Waals surface area contributed by atoms with Gasteiger partial charge in [0, 0.05) is 25.0 Å². The molecule has 0 radical (unpaired) electrons. The number of H-pyrrole nitrogens is 1. The van der Waals surface area contributed by atoms with Crippen LogP contribution in [-0.4, -0.2) is 29.0 Å². The number of imidazole rings is 1. The summed E-state index contributed by atoms with van der Waals surface area (Å²) in [6.45, 7) is 4.08. The summed E-state index contributed by atoms with van der Waals surface area (Å²) in [6, 6.07) is 0. The first-order valence-corrected chi connectivity index (χ1v) is 8.76. The van der Waals surface area contributed by atoms with Crippen molar-refractivity contribution >= 4 is 5.96 Å². The smallest absolute Gasteiger partial charge is 0.188 e. The molecule has 1 saturated carbocycles. The molecule has 1 fully saturated rings. The van der Waals surface area contributed by atoms with Gasteiger partial charge in [0.15, 0.2) is 5.96 Å². The van der Waals surface area contributed by atoms with Gasteiger partial charge in [-0.25, -0.2) is 4.98 Å². The SMILES string of the molecule is CC(CCNC(N)=NCCCc1cnc[nH]1)C1CCCCC1. The van der Waals surface area contributed by atoms with Crippen molar-refractivity contribution in [2.75, 3.05) is 13.1 Å². The number of aromatic nitrogens is 2. The van der Waals surface area contributed by atoms with Crippen LogP contribution in [0.5, 0.6) is 0 Å². The molecule has 0 aliphatic heterocycles. The molecule has 124 valence electrons. The highest BCUT2D eigenvalue weighted by atomic mass is 15.1. The molecular weight excluding hydrogens is 274 g/mol. The van der Waals surface area contributed by atoms with Gasteiger partial charge in [-0.1, -0.05) is 39.0 Å². The second kappa shape index (κ2) is 9.49. The summed E-state index contributed by atoms with van der Waals surface area (Å²) < 4.78 is 0. The van der Waals surface area contributed by atoms with Gasteiger partial charge in [-0.15, -0.1) is 0 Å². The van der Waals surface area contributed by atoms with Crippen molar-refractivity contribution in [1.29, 1.82) is 0 Å². The second-order valence-electron chi connectivity index (χ2n) is 6.54.